The van der Waals surface area contributed by atoms with Crippen LogP contribution in [0, 0.1) is 5.41 Å². The molecule has 0 bridgehead atoms. The van der Waals surface area contributed by atoms with Crippen molar-refractivity contribution in [1.29, 1.82) is 0 Å². The summed E-state index contributed by atoms with van der Waals surface area (Å²) in [4.78, 5) is 4.42. The number of hydrogen-bond donors (Lipinski definition) is 0. The summed E-state index contributed by atoms with van der Waals surface area (Å²) in [6, 6.07) is 0. The van der Waals surface area contributed by atoms with Crippen molar-refractivity contribution >= 4 is 0 Å². The van der Waals surface area contributed by atoms with Gasteiger partial charge in [0, 0.05) is 25.4 Å². The fourth-order valence-electron chi connectivity index (χ4n) is 1.90. The SMILES string of the molecule is CCC(c1nccn1C)C(C)(C)C. The maximum atomic E-state index is 4.42. The molecule has 1 aromatic rings. The molecule has 1 rings (SSSR count). The molecule has 0 aromatic carbocycles. The van der Waals surface area contributed by atoms with Gasteiger partial charge in [0.25, 0.3) is 0 Å². The fraction of sp³-hybridized carbons (Fsp3) is 0.727. The van der Waals surface area contributed by atoms with Gasteiger partial charge in [-0.2, -0.15) is 0 Å². The highest BCUT2D eigenvalue weighted by molar-refractivity contribution is 5.03. The molecule has 1 unspecified atom stereocenters. The molecule has 0 aliphatic heterocycles. The summed E-state index contributed by atoms with van der Waals surface area (Å²) in [5.41, 5.74) is 0.299. The van der Waals surface area contributed by atoms with Gasteiger partial charge in [0.2, 0.25) is 0 Å². The van der Waals surface area contributed by atoms with Gasteiger partial charge in [0.15, 0.2) is 0 Å². The lowest BCUT2D eigenvalue weighted by atomic mass is 9.78. The number of aryl methyl sites for hydroxylation is 1. The Morgan fingerprint density at radius 1 is 1.46 bits per heavy atom. The van der Waals surface area contributed by atoms with E-state index in [0.29, 0.717) is 11.3 Å². The predicted octanol–water partition coefficient (Wildman–Crippen LogP) is 2.96. The van der Waals surface area contributed by atoms with Crippen LogP contribution in [0.4, 0.5) is 0 Å². The standard InChI is InChI=1S/C11H20N2/c1-6-9(11(2,3)4)10-12-7-8-13(10)5/h7-9H,6H2,1-5H3. The van der Waals surface area contributed by atoms with Gasteiger partial charge in [-0.15, -0.1) is 0 Å². The highest BCUT2D eigenvalue weighted by Gasteiger charge is 2.27. The molecule has 0 saturated heterocycles. The first kappa shape index (κ1) is 10.3. The monoisotopic (exact) mass is 180 g/mol. The third kappa shape index (κ3) is 2.11. The first-order valence-corrected chi connectivity index (χ1v) is 4.94. The highest BCUT2D eigenvalue weighted by atomic mass is 15.0. The molecule has 0 radical (unpaired) electrons. The molecule has 0 saturated carbocycles. The molecule has 0 fully saturated rings. The van der Waals surface area contributed by atoms with Crippen molar-refractivity contribution in [3.05, 3.63) is 18.2 Å². The van der Waals surface area contributed by atoms with Crippen LogP contribution in [0.25, 0.3) is 0 Å². The minimum Gasteiger partial charge on any atom is -0.338 e. The van der Waals surface area contributed by atoms with Crippen molar-refractivity contribution in [2.45, 2.75) is 40.0 Å². The lowest BCUT2D eigenvalue weighted by Crippen LogP contribution is -2.20. The number of rotatable bonds is 2. The molecule has 0 aliphatic rings. The Hall–Kier alpha value is -0.790. The molecule has 13 heavy (non-hydrogen) atoms. The van der Waals surface area contributed by atoms with E-state index in [9.17, 15) is 0 Å². The van der Waals surface area contributed by atoms with Crippen LogP contribution in [0.5, 0.6) is 0 Å². The Bertz CT molecular complexity index is 268. The Labute approximate surface area is 81.0 Å². The molecule has 1 aromatic heterocycles. The van der Waals surface area contributed by atoms with E-state index in [-0.39, 0.29) is 0 Å². The molecular weight excluding hydrogens is 160 g/mol. The second-order valence-electron chi connectivity index (χ2n) is 4.72. The average molecular weight is 180 g/mol. The number of nitrogens with zero attached hydrogens (tertiary/aromatic N) is 2. The molecule has 0 spiro atoms. The Morgan fingerprint density at radius 2 is 2.08 bits per heavy atom. The first-order chi connectivity index (χ1) is 5.96. The van der Waals surface area contributed by atoms with Crippen molar-refractivity contribution in [3.8, 4) is 0 Å². The van der Waals surface area contributed by atoms with Gasteiger partial charge < -0.3 is 4.57 Å². The smallest absolute Gasteiger partial charge is 0.112 e. The maximum Gasteiger partial charge on any atom is 0.112 e. The van der Waals surface area contributed by atoms with E-state index in [1.54, 1.807) is 0 Å². The van der Waals surface area contributed by atoms with E-state index in [1.165, 1.54) is 5.82 Å². The Kier molecular flexibility index (Phi) is 2.79. The van der Waals surface area contributed by atoms with E-state index < -0.39 is 0 Å². The lowest BCUT2D eigenvalue weighted by Gasteiger charge is -2.29. The quantitative estimate of drug-likeness (QED) is 0.684. The summed E-state index contributed by atoms with van der Waals surface area (Å²) in [6.45, 7) is 9.05. The van der Waals surface area contributed by atoms with Gasteiger partial charge in [-0.3, -0.25) is 0 Å². The molecule has 0 amide bonds. The fourth-order valence-corrected chi connectivity index (χ4v) is 1.90. The summed E-state index contributed by atoms with van der Waals surface area (Å²) in [5.74, 6) is 1.75. The number of imidazole rings is 1. The van der Waals surface area contributed by atoms with Crippen molar-refractivity contribution in [1.82, 2.24) is 9.55 Å². The highest BCUT2D eigenvalue weighted by Crippen LogP contribution is 2.36. The van der Waals surface area contributed by atoms with E-state index in [2.05, 4.69) is 44.3 Å². The van der Waals surface area contributed by atoms with Gasteiger partial charge in [-0.25, -0.2) is 4.98 Å². The van der Waals surface area contributed by atoms with Gasteiger partial charge in [0.1, 0.15) is 5.82 Å². The predicted molar refractivity (Wildman–Crippen MR) is 55.7 cm³/mol. The lowest BCUT2D eigenvalue weighted by molar-refractivity contribution is 0.296. The summed E-state index contributed by atoms with van der Waals surface area (Å²) >= 11 is 0. The molecule has 1 heterocycles. The molecule has 0 aliphatic carbocycles. The van der Waals surface area contributed by atoms with E-state index in [1.807, 2.05) is 12.4 Å². The molecule has 74 valence electrons. The zero-order valence-electron chi connectivity index (χ0n) is 9.33. The summed E-state index contributed by atoms with van der Waals surface area (Å²) in [6.07, 6.45) is 5.04. The van der Waals surface area contributed by atoms with Crippen molar-refractivity contribution < 1.29 is 0 Å². The van der Waals surface area contributed by atoms with Gasteiger partial charge in [0.05, 0.1) is 0 Å². The number of aromatic nitrogens is 2. The van der Waals surface area contributed by atoms with Crippen LogP contribution in [0.15, 0.2) is 12.4 Å². The average Bonchev–Trinajstić information content (AvgIpc) is 2.35. The minimum absolute atomic E-state index is 0.299. The van der Waals surface area contributed by atoms with Crippen LogP contribution >= 0.6 is 0 Å². The normalized spacial score (nSPS) is 14.5. The van der Waals surface area contributed by atoms with Crippen molar-refractivity contribution in [2.75, 3.05) is 0 Å². The Balaban J connectivity index is 2.98. The Morgan fingerprint density at radius 3 is 2.38 bits per heavy atom. The van der Waals surface area contributed by atoms with E-state index in [0.717, 1.165) is 6.42 Å². The third-order valence-corrected chi connectivity index (χ3v) is 2.62. The zero-order valence-corrected chi connectivity index (χ0v) is 9.33. The van der Waals surface area contributed by atoms with Crippen LogP contribution in [0.3, 0.4) is 0 Å². The van der Waals surface area contributed by atoms with Crippen LogP contribution in [-0.2, 0) is 7.05 Å². The first-order valence-electron chi connectivity index (χ1n) is 4.94. The zero-order chi connectivity index (χ0) is 10.1. The largest absolute Gasteiger partial charge is 0.338 e. The van der Waals surface area contributed by atoms with Crippen molar-refractivity contribution in [3.63, 3.8) is 0 Å². The molecule has 0 N–H and O–H groups in total. The summed E-state index contributed by atoms with van der Waals surface area (Å²) in [5, 5.41) is 0. The van der Waals surface area contributed by atoms with Crippen molar-refractivity contribution in [2.24, 2.45) is 12.5 Å². The van der Waals surface area contributed by atoms with Crippen LogP contribution < -0.4 is 0 Å². The molecule has 2 nitrogen and oxygen atoms in total. The van der Waals surface area contributed by atoms with E-state index >= 15 is 0 Å². The van der Waals surface area contributed by atoms with Gasteiger partial charge in [-0.1, -0.05) is 27.7 Å². The maximum absolute atomic E-state index is 4.42. The molecular formula is C11H20N2. The number of hydrogen-bond acceptors (Lipinski definition) is 1. The second kappa shape index (κ2) is 3.52. The summed E-state index contributed by atoms with van der Waals surface area (Å²) < 4.78 is 2.12. The van der Waals surface area contributed by atoms with E-state index in [4.69, 9.17) is 0 Å². The molecule has 2 heteroatoms. The van der Waals surface area contributed by atoms with Crippen LogP contribution in [0.2, 0.25) is 0 Å². The summed E-state index contributed by atoms with van der Waals surface area (Å²) in [7, 11) is 2.07. The molecule has 1 atom stereocenters. The second-order valence-corrected chi connectivity index (χ2v) is 4.72. The van der Waals surface area contributed by atoms with Crippen LogP contribution in [-0.4, -0.2) is 9.55 Å². The van der Waals surface area contributed by atoms with Crippen LogP contribution in [0.1, 0.15) is 45.9 Å². The minimum atomic E-state index is 0.299. The third-order valence-electron chi connectivity index (χ3n) is 2.62. The topological polar surface area (TPSA) is 17.8 Å². The van der Waals surface area contributed by atoms with Gasteiger partial charge >= 0.3 is 0 Å². The van der Waals surface area contributed by atoms with Gasteiger partial charge in [-0.05, 0) is 11.8 Å².